The van der Waals surface area contributed by atoms with Gasteiger partial charge in [0, 0.05) is 5.02 Å². The molecule has 3 heteroatoms. The molecule has 0 spiro atoms. The van der Waals surface area contributed by atoms with Gasteiger partial charge in [-0.3, -0.25) is 0 Å². The maximum absolute atomic E-state index is 8.73. The van der Waals surface area contributed by atoms with E-state index in [1.165, 1.54) is 0 Å². The number of halogens is 1. The predicted molar refractivity (Wildman–Crippen MR) is 72.8 cm³/mol. The highest BCUT2D eigenvalue weighted by Gasteiger charge is 2.03. The molecule has 0 heterocycles. The zero-order valence-corrected chi connectivity index (χ0v) is 10.7. The average molecular weight is 258 g/mol. The van der Waals surface area contributed by atoms with E-state index < -0.39 is 0 Å². The highest BCUT2D eigenvalue weighted by atomic mass is 35.5. The highest BCUT2D eigenvalue weighted by Crippen LogP contribution is 2.26. The first-order valence-electron chi connectivity index (χ1n) is 5.54. The van der Waals surface area contributed by atoms with E-state index in [4.69, 9.17) is 21.6 Å². The molecular formula is C15H12ClNO. The predicted octanol–water partition coefficient (Wildman–Crippen LogP) is 4.08. The Kier molecular flexibility index (Phi) is 3.86. The van der Waals surface area contributed by atoms with Crippen molar-refractivity contribution in [3.8, 4) is 22.9 Å². The molecule has 0 fully saturated rings. The molecule has 0 aromatic heterocycles. The molecule has 0 aliphatic rings. The second kappa shape index (κ2) is 5.57. The van der Waals surface area contributed by atoms with E-state index in [1.54, 1.807) is 7.11 Å². The van der Waals surface area contributed by atoms with Gasteiger partial charge in [0.25, 0.3) is 0 Å². The van der Waals surface area contributed by atoms with Crippen LogP contribution in [-0.2, 0) is 6.42 Å². The molecule has 2 rings (SSSR count). The number of methoxy groups -OCH3 is 1. The van der Waals surface area contributed by atoms with Gasteiger partial charge in [0.05, 0.1) is 19.6 Å². The fourth-order valence-electron chi connectivity index (χ4n) is 1.79. The highest BCUT2D eigenvalue weighted by molar-refractivity contribution is 6.31. The third kappa shape index (κ3) is 2.82. The zero-order valence-electron chi connectivity index (χ0n) is 9.98. The van der Waals surface area contributed by atoms with E-state index in [-0.39, 0.29) is 0 Å². The molecule has 0 saturated heterocycles. The van der Waals surface area contributed by atoms with Crippen LogP contribution in [0, 0.1) is 11.3 Å². The molecule has 2 aromatic rings. The minimum Gasteiger partial charge on any atom is -0.497 e. The molecule has 0 bridgehead atoms. The normalized spacial score (nSPS) is 9.83. The Morgan fingerprint density at radius 1 is 1.11 bits per heavy atom. The van der Waals surface area contributed by atoms with E-state index in [0.717, 1.165) is 22.4 Å². The van der Waals surface area contributed by atoms with E-state index in [0.29, 0.717) is 11.4 Å². The summed E-state index contributed by atoms with van der Waals surface area (Å²) >= 11 is 6.06. The van der Waals surface area contributed by atoms with Crippen molar-refractivity contribution in [3.05, 3.63) is 53.1 Å². The molecule has 0 saturated carbocycles. The molecule has 0 N–H and O–H groups in total. The second-order valence-electron chi connectivity index (χ2n) is 3.91. The van der Waals surface area contributed by atoms with Crippen molar-refractivity contribution in [1.29, 1.82) is 5.26 Å². The minimum absolute atomic E-state index is 0.365. The van der Waals surface area contributed by atoms with Gasteiger partial charge in [-0.25, -0.2) is 0 Å². The lowest BCUT2D eigenvalue weighted by atomic mass is 10.0. The van der Waals surface area contributed by atoms with Crippen LogP contribution in [0.4, 0.5) is 0 Å². The van der Waals surface area contributed by atoms with Crippen molar-refractivity contribution in [1.82, 2.24) is 0 Å². The Bertz CT molecular complexity index is 584. The maximum Gasteiger partial charge on any atom is 0.118 e. The summed E-state index contributed by atoms with van der Waals surface area (Å²) < 4.78 is 5.12. The van der Waals surface area contributed by atoms with Crippen molar-refractivity contribution in [2.45, 2.75) is 6.42 Å². The van der Waals surface area contributed by atoms with Gasteiger partial charge in [-0.2, -0.15) is 5.26 Å². The Balaban J connectivity index is 2.40. The van der Waals surface area contributed by atoms with Crippen LogP contribution >= 0.6 is 11.6 Å². The standard InChI is InChI=1S/C15H12ClNO/c1-18-15-4-2-12(3-5-15)13-8-11(6-7-17)9-14(16)10-13/h2-5,8-10H,6H2,1H3. The van der Waals surface area contributed by atoms with Gasteiger partial charge in [-0.1, -0.05) is 29.8 Å². The number of hydrogen-bond acceptors (Lipinski definition) is 2. The summed E-state index contributed by atoms with van der Waals surface area (Å²) in [5.74, 6) is 0.818. The van der Waals surface area contributed by atoms with Crippen LogP contribution in [0.2, 0.25) is 5.02 Å². The Labute approximate surface area is 111 Å². The lowest BCUT2D eigenvalue weighted by molar-refractivity contribution is 0.415. The average Bonchev–Trinajstić information content (AvgIpc) is 2.38. The topological polar surface area (TPSA) is 33.0 Å². The van der Waals surface area contributed by atoms with Gasteiger partial charge in [0.1, 0.15) is 5.75 Å². The maximum atomic E-state index is 8.73. The SMILES string of the molecule is COc1ccc(-c2cc(Cl)cc(CC#N)c2)cc1. The number of benzene rings is 2. The van der Waals surface area contributed by atoms with Gasteiger partial charge in [-0.15, -0.1) is 0 Å². The fraction of sp³-hybridized carbons (Fsp3) is 0.133. The summed E-state index contributed by atoms with van der Waals surface area (Å²) in [7, 11) is 1.64. The molecule has 2 aromatic carbocycles. The molecule has 18 heavy (non-hydrogen) atoms. The molecule has 0 aliphatic heterocycles. The summed E-state index contributed by atoms with van der Waals surface area (Å²) in [6.07, 6.45) is 0.365. The van der Waals surface area contributed by atoms with E-state index >= 15 is 0 Å². The first-order valence-corrected chi connectivity index (χ1v) is 5.91. The number of hydrogen-bond donors (Lipinski definition) is 0. The van der Waals surface area contributed by atoms with Crippen LogP contribution < -0.4 is 4.74 Å². The molecule has 0 atom stereocenters. The summed E-state index contributed by atoms with van der Waals surface area (Å²) in [5, 5.41) is 9.38. The number of rotatable bonds is 3. The van der Waals surface area contributed by atoms with Crippen molar-refractivity contribution in [3.63, 3.8) is 0 Å². The second-order valence-corrected chi connectivity index (χ2v) is 4.35. The van der Waals surface area contributed by atoms with Crippen LogP contribution in [0.15, 0.2) is 42.5 Å². The van der Waals surface area contributed by atoms with Gasteiger partial charge in [-0.05, 0) is 41.0 Å². The monoisotopic (exact) mass is 257 g/mol. The summed E-state index contributed by atoms with van der Waals surface area (Å²) in [6.45, 7) is 0. The van der Waals surface area contributed by atoms with Crippen LogP contribution in [0.5, 0.6) is 5.75 Å². The molecule has 90 valence electrons. The molecule has 0 radical (unpaired) electrons. The van der Waals surface area contributed by atoms with Gasteiger partial charge >= 0.3 is 0 Å². The minimum atomic E-state index is 0.365. The van der Waals surface area contributed by atoms with E-state index in [2.05, 4.69) is 6.07 Å². The Morgan fingerprint density at radius 3 is 2.44 bits per heavy atom. The van der Waals surface area contributed by atoms with Crippen molar-refractivity contribution in [2.24, 2.45) is 0 Å². The summed E-state index contributed by atoms with van der Waals surface area (Å²) in [6, 6.07) is 15.6. The van der Waals surface area contributed by atoms with Crippen LogP contribution in [0.1, 0.15) is 5.56 Å². The van der Waals surface area contributed by atoms with Crippen LogP contribution in [-0.4, -0.2) is 7.11 Å². The molecule has 0 unspecified atom stereocenters. The lowest BCUT2D eigenvalue weighted by Crippen LogP contribution is -1.86. The van der Waals surface area contributed by atoms with Gasteiger partial charge in [0.2, 0.25) is 0 Å². The molecule has 0 aliphatic carbocycles. The Morgan fingerprint density at radius 2 is 1.83 bits per heavy atom. The smallest absolute Gasteiger partial charge is 0.118 e. The fourth-order valence-corrected chi connectivity index (χ4v) is 2.05. The summed E-state index contributed by atoms with van der Waals surface area (Å²) in [4.78, 5) is 0. The third-order valence-corrected chi connectivity index (χ3v) is 2.88. The number of ether oxygens (including phenoxy) is 1. The van der Waals surface area contributed by atoms with E-state index in [9.17, 15) is 0 Å². The first kappa shape index (κ1) is 12.5. The number of nitriles is 1. The molecule has 2 nitrogen and oxygen atoms in total. The largest absolute Gasteiger partial charge is 0.497 e. The molecule has 0 amide bonds. The van der Waals surface area contributed by atoms with Crippen molar-refractivity contribution >= 4 is 11.6 Å². The Hall–Kier alpha value is -1.98. The molecular weight excluding hydrogens is 246 g/mol. The van der Waals surface area contributed by atoms with Crippen molar-refractivity contribution in [2.75, 3.05) is 7.11 Å². The van der Waals surface area contributed by atoms with E-state index in [1.807, 2.05) is 42.5 Å². The number of nitrogens with zero attached hydrogens (tertiary/aromatic N) is 1. The van der Waals surface area contributed by atoms with Gasteiger partial charge < -0.3 is 4.74 Å². The quantitative estimate of drug-likeness (QED) is 0.830. The van der Waals surface area contributed by atoms with Gasteiger partial charge in [0.15, 0.2) is 0 Å². The summed E-state index contributed by atoms with van der Waals surface area (Å²) in [5.41, 5.74) is 2.99. The van der Waals surface area contributed by atoms with Crippen LogP contribution in [0.3, 0.4) is 0 Å². The first-order chi connectivity index (χ1) is 8.72. The van der Waals surface area contributed by atoms with Crippen molar-refractivity contribution < 1.29 is 4.74 Å². The van der Waals surface area contributed by atoms with Crippen LogP contribution in [0.25, 0.3) is 11.1 Å². The zero-order chi connectivity index (χ0) is 13.0. The lowest BCUT2D eigenvalue weighted by Gasteiger charge is -2.06. The third-order valence-electron chi connectivity index (χ3n) is 2.66.